The van der Waals surface area contributed by atoms with Gasteiger partial charge in [-0.05, 0) is 103 Å². The highest BCUT2D eigenvalue weighted by molar-refractivity contribution is 7.77. The molecular formula is C35H36F12P2. The Morgan fingerprint density at radius 2 is 0.878 bits per heavy atom. The summed E-state index contributed by atoms with van der Waals surface area (Å²) >= 11 is 0. The standard InChI is InChI=1S/C35H36F12P2/c1-21(48(27-8-4-2-5-9-27)28-10-6-3-7-11-28)22-12-13-29(14-22)49(30-17-23(32(36,37)38)15-24(18-30)33(39,40)41)31-19-25(34(42,43)44)16-26(20-31)35(45,46)47/h12-22,27-28H,2-11H2,1H3/t21-,22?/m1/s1. The van der Waals surface area contributed by atoms with Gasteiger partial charge in [0.15, 0.2) is 0 Å². The van der Waals surface area contributed by atoms with Gasteiger partial charge in [-0.15, -0.1) is 0 Å². The molecule has 0 aliphatic heterocycles. The van der Waals surface area contributed by atoms with Crippen LogP contribution in [-0.2, 0) is 24.7 Å². The Labute approximate surface area is 279 Å². The Bertz CT molecular complexity index is 1360. The Balaban J connectivity index is 1.67. The predicted molar refractivity (Wildman–Crippen MR) is 170 cm³/mol. The van der Waals surface area contributed by atoms with Gasteiger partial charge >= 0.3 is 24.7 Å². The molecule has 2 fully saturated rings. The summed E-state index contributed by atoms with van der Waals surface area (Å²) in [5.74, 6) is -0.323. The Morgan fingerprint density at radius 1 is 0.531 bits per heavy atom. The molecule has 0 bridgehead atoms. The smallest absolute Gasteiger partial charge is 0.166 e. The van der Waals surface area contributed by atoms with Crippen molar-refractivity contribution in [2.24, 2.45) is 5.92 Å². The lowest BCUT2D eigenvalue weighted by Crippen LogP contribution is -2.28. The molecule has 49 heavy (non-hydrogen) atoms. The normalized spacial score (nSPS) is 21.1. The van der Waals surface area contributed by atoms with Crippen LogP contribution >= 0.6 is 15.8 Å². The first kappa shape index (κ1) is 38.2. The van der Waals surface area contributed by atoms with E-state index in [4.69, 9.17) is 0 Å². The van der Waals surface area contributed by atoms with Gasteiger partial charge in [0.25, 0.3) is 0 Å². The van der Waals surface area contributed by atoms with Gasteiger partial charge in [0.1, 0.15) is 0 Å². The second kappa shape index (κ2) is 14.5. The van der Waals surface area contributed by atoms with Crippen molar-refractivity contribution in [2.75, 3.05) is 0 Å². The van der Waals surface area contributed by atoms with Crippen LogP contribution < -0.4 is 10.6 Å². The van der Waals surface area contributed by atoms with Crippen LogP contribution in [0.2, 0.25) is 0 Å². The molecule has 2 aromatic rings. The summed E-state index contributed by atoms with van der Waals surface area (Å²) in [5, 5.41) is -1.17. The largest absolute Gasteiger partial charge is 0.416 e. The lowest BCUT2D eigenvalue weighted by Gasteiger charge is -2.43. The number of halogens is 12. The van der Waals surface area contributed by atoms with Crippen molar-refractivity contribution in [3.05, 3.63) is 82.2 Å². The minimum absolute atomic E-state index is 0.0475. The molecule has 270 valence electrons. The first-order valence-electron chi connectivity index (χ1n) is 16.3. The minimum atomic E-state index is -5.27. The van der Waals surface area contributed by atoms with Crippen LogP contribution in [0.1, 0.15) is 93.4 Å². The van der Waals surface area contributed by atoms with Crippen molar-refractivity contribution in [3.8, 4) is 0 Å². The van der Waals surface area contributed by atoms with Crippen LogP contribution in [0.5, 0.6) is 0 Å². The SMILES string of the molecule is C[C@H](C1C=CC(P(c2cc(C(F)(F)F)cc(C(F)(F)F)c2)c2cc(C(F)(F)F)cc(C(F)(F)F)c2)=C1)P(C1CCCCC1)C1CCCCC1. The molecular weight excluding hydrogens is 710 g/mol. The molecule has 1 unspecified atom stereocenters. The van der Waals surface area contributed by atoms with E-state index in [9.17, 15) is 52.7 Å². The first-order chi connectivity index (χ1) is 22.7. The van der Waals surface area contributed by atoms with Crippen LogP contribution in [0.25, 0.3) is 0 Å². The highest BCUT2D eigenvalue weighted by atomic mass is 31.1. The van der Waals surface area contributed by atoms with Crippen LogP contribution in [-0.4, -0.2) is 17.0 Å². The number of rotatable bonds is 7. The molecule has 0 N–H and O–H groups in total. The zero-order valence-corrected chi connectivity index (χ0v) is 28.3. The third-order valence-corrected chi connectivity index (χ3v) is 16.2. The van der Waals surface area contributed by atoms with Crippen molar-refractivity contribution in [2.45, 2.75) is 113 Å². The second-order valence-corrected chi connectivity index (χ2v) is 18.6. The summed E-state index contributed by atoms with van der Waals surface area (Å²) in [6.45, 7) is 2.09. The fourth-order valence-electron chi connectivity index (χ4n) is 7.47. The molecule has 14 heteroatoms. The summed E-state index contributed by atoms with van der Waals surface area (Å²) in [6, 6.07) is 1.45. The van der Waals surface area contributed by atoms with E-state index < -0.39 is 73.4 Å². The lowest BCUT2D eigenvalue weighted by molar-refractivity contribution is -0.144. The van der Waals surface area contributed by atoms with Crippen LogP contribution in [0.15, 0.2) is 59.9 Å². The Morgan fingerprint density at radius 3 is 1.20 bits per heavy atom. The molecule has 0 radical (unpaired) electrons. The molecule has 5 rings (SSSR count). The highest BCUT2D eigenvalue weighted by Gasteiger charge is 2.42. The zero-order chi connectivity index (χ0) is 35.9. The van der Waals surface area contributed by atoms with Gasteiger partial charge in [-0.1, -0.05) is 71.6 Å². The van der Waals surface area contributed by atoms with Crippen LogP contribution in [0, 0.1) is 5.92 Å². The van der Waals surface area contributed by atoms with Crippen molar-refractivity contribution in [1.29, 1.82) is 0 Å². The number of hydrogen-bond acceptors (Lipinski definition) is 0. The van der Waals surface area contributed by atoms with E-state index in [0.29, 0.717) is 35.6 Å². The van der Waals surface area contributed by atoms with E-state index in [-0.39, 0.29) is 29.0 Å². The maximum atomic E-state index is 13.9. The lowest BCUT2D eigenvalue weighted by atomic mass is 9.99. The molecule has 0 spiro atoms. The molecule has 2 saturated carbocycles. The van der Waals surface area contributed by atoms with E-state index in [1.165, 1.54) is 6.08 Å². The summed E-state index contributed by atoms with van der Waals surface area (Å²) in [7, 11) is -3.31. The molecule has 3 aliphatic rings. The molecule has 0 aromatic heterocycles. The summed E-state index contributed by atoms with van der Waals surface area (Å²) < 4.78 is 167. The zero-order valence-electron chi connectivity index (χ0n) is 26.5. The average Bonchev–Trinajstić information content (AvgIpc) is 3.50. The quantitative estimate of drug-likeness (QED) is 0.196. The fraction of sp³-hybridized carbons (Fsp3) is 0.543. The summed E-state index contributed by atoms with van der Waals surface area (Å²) in [6.07, 6.45) is -5.19. The molecule has 2 atom stereocenters. The molecule has 0 saturated heterocycles. The first-order valence-corrected chi connectivity index (χ1v) is 19.2. The topological polar surface area (TPSA) is 0 Å². The van der Waals surface area contributed by atoms with Crippen molar-refractivity contribution in [1.82, 2.24) is 0 Å². The monoisotopic (exact) mass is 746 g/mol. The van der Waals surface area contributed by atoms with Gasteiger partial charge in [0, 0.05) is 5.92 Å². The van der Waals surface area contributed by atoms with Gasteiger partial charge in [-0.2, -0.15) is 52.7 Å². The number of benzene rings is 2. The second-order valence-electron chi connectivity index (χ2n) is 13.2. The minimum Gasteiger partial charge on any atom is -0.166 e. The van der Waals surface area contributed by atoms with Crippen LogP contribution in [0.4, 0.5) is 52.7 Å². The van der Waals surface area contributed by atoms with E-state index in [0.717, 1.165) is 64.2 Å². The Kier molecular flexibility index (Phi) is 11.3. The van der Waals surface area contributed by atoms with E-state index >= 15 is 0 Å². The Hall–Kier alpha value is -2.06. The molecule has 0 amide bonds. The number of hydrogen-bond donors (Lipinski definition) is 0. The van der Waals surface area contributed by atoms with Gasteiger partial charge in [-0.3, -0.25) is 0 Å². The molecule has 0 heterocycles. The maximum Gasteiger partial charge on any atom is 0.416 e. The van der Waals surface area contributed by atoms with Gasteiger partial charge < -0.3 is 0 Å². The van der Waals surface area contributed by atoms with Crippen molar-refractivity contribution >= 4 is 26.5 Å². The van der Waals surface area contributed by atoms with E-state index in [2.05, 4.69) is 6.92 Å². The predicted octanol–water partition coefficient (Wildman–Crippen LogP) is 12.8. The fourth-order valence-corrected chi connectivity index (χ4v) is 14.4. The third-order valence-electron chi connectivity index (χ3n) is 9.79. The average molecular weight is 747 g/mol. The summed E-state index contributed by atoms with van der Waals surface area (Å²) in [5.41, 5.74) is -5.75. The van der Waals surface area contributed by atoms with Gasteiger partial charge in [0.2, 0.25) is 0 Å². The van der Waals surface area contributed by atoms with Gasteiger partial charge in [-0.25, -0.2) is 0 Å². The third kappa shape index (κ3) is 9.06. The van der Waals surface area contributed by atoms with Crippen molar-refractivity contribution in [3.63, 3.8) is 0 Å². The molecule has 3 aliphatic carbocycles. The van der Waals surface area contributed by atoms with Gasteiger partial charge in [0.05, 0.1) is 22.3 Å². The maximum absolute atomic E-state index is 13.9. The highest BCUT2D eigenvalue weighted by Crippen LogP contribution is 2.62. The van der Waals surface area contributed by atoms with E-state index in [1.807, 2.05) is 0 Å². The van der Waals surface area contributed by atoms with E-state index in [1.54, 1.807) is 12.2 Å². The molecule has 0 nitrogen and oxygen atoms in total. The van der Waals surface area contributed by atoms with Crippen LogP contribution in [0.3, 0.4) is 0 Å². The molecule has 2 aromatic carbocycles. The number of alkyl halides is 12. The summed E-state index contributed by atoms with van der Waals surface area (Å²) in [4.78, 5) is 0. The number of allylic oxidation sites excluding steroid dienone is 4. The van der Waals surface area contributed by atoms with Crippen molar-refractivity contribution < 1.29 is 52.7 Å².